The summed E-state index contributed by atoms with van der Waals surface area (Å²) in [6.07, 6.45) is -6.21. The fourth-order valence-electron chi connectivity index (χ4n) is 2.82. The lowest BCUT2D eigenvalue weighted by atomic mass is 10.0. The monoisotopic (exact) mass is 378 g/mol. The molecule has 1 aliphatic rings. The van der Waals surface area contributed by atoms with E-state index in [1.54, 1.807) is 42.5 Å². The van der Waals surface area contributed by atoms with Gasteiger partial charge >= 0.3 is 6.18 Å². The molecule has 1 N–H and O–H groups in total. The number of hydrogen-bond acceptors (Lipinski definition) is 4. The molecule has 8 heteroatoms. The summed E-state index contributed by atoms with van der Waals surface area (Å²) in [5.41, 5.74) is -2.51. The maximum Gasteiger partial charge on any atom is 0.438 e. The molecule has 0 aromatic heterocycles. The molecule has 5 nitrogen and oxygen atoms in total. The largest absolute Gasteiger partial charge is 0.497 e. The smallest absolute Gasteiger partial charge is 0.438 e. The summed E-state index contributed by atoms with van der Waals surface area (Å²) >= 11 is 0. The van der Waals surface area contributed by atoms with Crippen LogP contribution in [-0.2, 0) is 11.2 Å². The van der Waals surface area contributed by atoms with Crippen molar-refractivity contribution in [3.63, 3.8) is 0 Å². The molecule has 142 valence electrons. The third-order valence-electron chi connectivity index (χ3n) is 4.30. The van der Waals surface area contributed by atoms with Crippen LogP contribution < -0.4 is 4.74 Å². The average molecular weight is 378 g/mol. The lowest BCUT2D eigenvalue weighted by Crippen LogP contribution is -2.57. The van der Waals surface area contributed by atoms with Crippen molar-refractivity contribution in [1.29, 1.82) is 0 Å². The quantitative estimate of drug-likeness (QED) is 0.889. The molecular formula is C19H17F3N2O3. The van der Waals surface area contributed by atoms with Crippen LogP contribution in [0.25, 0.3) is 0 Å². The van der Waals surface area contributed by atoms with E-state index in [1.807, 2.05) is 0 Å². The Kier molecular flexibility index (Phi) is 4.93. The highest BCUT2D eigenvalue weighted by Gasteiger charge is 2.63. The number of hydrazone groups is 1. The lowest BCUT2D eigenvalue weighted by Gasteiger charge is -2.32. The summed E-state index contributed by atoms with van der Waals surface area (Å²) in [7, 11) is 1.47. The Labute approximate surface area is 153 Å². The van der Waals surface area contributed by atoms with Gasteiger partial charge in [0.25, 0.3) is 5.72 Å². The topological polar surface area (TPSA) is 62.1 Å². The van der Waals surface area contributed by atoms with Gasteiger partial charge in [-0.25, -0.2) is 0 Å². The molecule has 1 atom stereocenters. The lowest BCUT2D eigenvalue weighted by molar-refractivity contribution is -0.302. The number of ether oxygens (including phenoxy) is 1. The van der Waals surface area contributed by atoms with E-state index in [0.29, 0.717) is 16.9 Å². The van der Waals surface area contributed by atoms with Gasteiger partial charge in [0.2, 0.25) is 5.91 Å². The predicted molar refractivity (Wildman–Crippen MR) is 92.1 cm³/mol. The third-order valence-corrected chi connectivity index (χ3v) is 4.30. The number of carbonyl (C=O) groups excluding carboxylic acids is 1. The van der Waals surface area contributed by atoms with Gasteiger partial charge in [-0.15, -0.1) is 0 Å². The Hall–Kier alpha value is -2.87. The number of rotatable bonds is 4. The minimum atomic E-state index is -5.06. The molecule has 2 aromatic rings. The van der Waals surface area contributed by atoms with Crippen LogP contribution in [-0.4, -0.2) is 40.7 Å². The predicted octanol–water partition coefficient (Wildman–Crippen LogP) is 3.13. The van der Waals surface area contributed by atoms with E-state index < -0.39 is 24.2 Å². The van der Waals surface area contributed by atoms with E-state index in [2.05, 4.69) is 5.10 Å². The molecule has 27 heavy (non-hydrogen) atoms. The zero-order valence-corrected chi connectivity index (χ0v) is 14.4. The summed E-state index contributed by atoms with van der Waals surface area (Å²) < 4.78 is 45.7. The summed E-state index contributed by atoms with van der Waals surface area (Å²) in [6, 6.07) is 14.5. The number of halogens is 3. The maximum atomic E-state index is 13.6. The molecule has 0 saturated heterocycles. The third kappa shape index (κ3) is 3.66. The van der Waals surface area contributed by atoms with Crippen molar-refractivity contribution in [3.8, 4) is 5.75 Å². The van der Waals surface area contributed by atoms with Gasteiger partial charge in [-0.05, 0) is 35.4 Å². The summed E-state index contributed by atoms with van der Waals surface area (Å²) in [5, 5.41) is 14.3. The summed E-state index contributed by atoms with van der Waals surface area (Å²) in [5.74, 6) is -0.412. The molecule has 0 spiro atoms. The zero-order chi connectivity index (χ0) is 19.7. The van der Waals surface area contributed by atoms with Gasteiger partial charge < -0.3 is 9.84 Å². The first-order valence-electron chi connectivity index (χ1n) is 8.12. The number of nitrogens with zero attached hydrogens (tertiary/aromatic N) is 2. The standard InChI is InChI=1S/C19H17F3N2O3/c1-27-15-9-7-14(8-10-15)16-12-18(26,19(20,21)22)24(23-16)17(25)11-13-5-3-2-4-6-13/h2-10,26H,11-12H2,1H3. The van der Waals surface area contributed by atoms with Gasteiger partial charge in [-0.1, -0.05) is 30.3 Å². The second-order valence-corrected chi connectivity index (χ2v) is 6.13. The van der Waals surface area contributed by atoms with Crippen LogP contribution >= 0.6 is 0 Å². The fraction of sp³-hybridized carbons (Fsp3) is 0.263. The minimum absolute atomic E-state index is 0.0288. The van der Waals surface area contributed by atoms with Crippen molar-refractivity contribution in [3.05, 3.63) is 65.7 Å². The molecule has 3 rings (SSSR count). The van der Waals surface area contributed by atoms with Crippen molar-refractivity contribution in [2.24, 2.45) is 5.10 Å². The van der Waals surface area contributed by atoms with Crippen LogP contribution in [0.2, 0.25) is 0 Å². The van der Waals surface area contributed by atoms with E-state index >= 15 is 0 Å². The SMILES string of the molecule is COc1ccc(C2=NN(C(=O)Cc3ccccc3)C(O)(C(F)(F)F)C2)cc1. The van der Waals surface area contributed by atoms with Crippen LogP contribution in [0.1, 0.15) is 17.5 Å². The minimum Gasteiger partial charge on any atom is -0.497 e. The van der Waals surface area contributed by atoms with Crippen molar-refractivity contribution in [1.82, 2.24) is 5.01 Å². The maximum absolute atomic E-state index is 13.6. The number of hydrogen-bond donors (Lipinski definition) is 1. The fourth-order valence-corrected chi connectivity index (χ4v) is 2.82. The van der Waals surface area contributed by atoms with Gasteiger partial charge in [0.05, 0.1) is 25.7 Å². The second-order valence-electron chi connectivity index (χ2n) is 6.13. The Morgan fingerprint density at radius 1 is 1.19 bits per heavy atom. The molecule has 1 amide bonds. The molecule has 1 aliphatic heterocycles. The highest BCUT2D eigenvalue weighted by atomic mass is 19.4. The summed E-state index contributed by atoms with van der Waals surface area (Å²) in [6.45, 7) is 0. The van der Waals surface area contributed by atoms with Gasteiger partial charge in [-0.2, -0.15) is 23.3 Å². The first kappa shape index (κ1) is 18.9. The van der Waals surface area contributed by atoms with Crippen LogP contribution in [0.3, 0.4) is 0 Å². The van der Waals surface area contributed by atoms with Crippen molar-refractivity contribution < 1.29 is 27.8 Å². The van der Waals surface area contributed by atoms with Crippen molar-refractivity contribution >= 4 is 11.6 Å². The average Bonchev–Trinajstić information content (AvgIpc) is 3.02. The van der Waals surface area contributed by atoms with E-state index in [4.69, 9.17) is 4.74 Å². The number of carbonyl (C=O) groups is 1. The zero-order valence-electron chi connectivity index (χ0n) is 14.4. The van der Waals surface area contributed by atoms with Gasteiger partial charge in [0.15, 0.2) is 0 Å². The van der Waals surface area contributed by atoms with Crippen molar-refractivity contribution in [2.45, 2.75) is 24.7 Å². The Morgan fingerprint density at radius 2 is 1.81 bits per heavy atom. The molecule has 0 fully saturated rings. The Bertz CT molecular complexity index is 851. The molecule has 0 bridgehead atoms. The molecular weight excluding hydrogens is 361 g/mol. The van der Waals surface area contributed by atoms with Crippen molar-refractivity contribution in [2.75, 3.05) is 7.11 Å². The van der Waals surface area contributed by atoms with Crippen LogP contribution in [0.5, 0.6) is 5.75 Å². The molecule has 1 unspecified atom stereocenters. The van der Waals surface area contributed by atoms with Crippen LogP contribution in [0, 0.1) is 0 Å². The molecule has 0 saturated carbocycles. The molecule has 1 heterocycles. The first-order chi connectivity index (χ1) is 12.7. The number of benzene rings is 2. The summed E-state index contributed by atoms with van der Waals surface area (Å²) in [4.78, 5) is 12.5. The van der Waals surface area contributed by atoms with Gasteiger partial charge in [0.1, 0.15) is 5.75 Å². The van der Waals surface area contributed by atoms with E-state index in [0.717, 1.165) is 0 Å². The highest BCUT2D eigenvalue weighted by Crippen LogP contribution is 2.41. The first-order valence-corrected chi connectivity index (χ1v) is 8.12. The normalized spacial score (nSPS) is 19.7. The Morgan fingerprint density at radius 3 is 2.37 bits per heavy atom. The second kappa shape index (κ2) is 7.03. The number of amides is 1. The Balaban J connectivity index is 1.93. The van der Waals surface area contributed by atoms with Gasteiger partial charge in [-0.3, -0.25) is 4.79 Å². The highest BCUT2D eigenvalue weighted by molar-refractivity contribution is 6.03. The number of methoxy groups -OCH3 is 1. The van der Waals surface area contributed by atoms with E-state index in [9.17, 15) is 23.1 Å². The molecule has 0 aliphatic carbocycles. The van der Waals surface area contributed by atoms with Gasteiger partial charge in [0, 0.05) is 0 Å². The number of alkyl halides is 3. The van der Waals surface area contributed by atoms with Crippen LogP contribution in [0.15, 0.2) is 59.7 Å². The van der Waals surface area contributed by atoms with E-state index in [1.165, 1.54) is 19.2 Å². The molecule has 2 aromatic carbocycles. The van der Waals surface area contributed by atoms with E-state index in [-0.39, 0.29) is 17.1 Å². The number of aliphatic hydroxyl groups is 1. The molecule has 0 radical (unpaired) electrons. The van der Waals surface area contributed by atoms with Crippen LogP contribution in [0.4, 0.5) is 13.2 Å².